The number of carbonyl (C=O) groups excluding carboxylic acids is 1. The van der Waals surface area contributed by atoms with Gasteiger partial charge in [0, 0.05) is 41.6 Å². The van der Waals surface area contributed by atoms with E-state index in [9.17, 15) is 4.79 Å². The van der Waals surface area contributed by atoms with Gasteiger partial charge in [-0.3, -0.25) is 9.78 Å². The number of nitrogens with two attached hydrogens (primary N) is 1. The standard InChI is InChI=1S/C26H29N3O2/c1-18(30)29-24-10-7-21(27)15-23(24)26(4,17-25(29,2)3)20-5-8-22(9-6-20)31-16-19-11-13-28-14-12-19/h5-15H,16-17,27H2,1-4H3. The lowest BCUT2D eigenvalue weighted by atomic mass is 9.65. The van der Waals surface area contributed by atoms with Crippen molar-refractivity contribution >= 4 is 17.3 Å². The lowest BCUT2D eigenvalue weighted by Crippen LogP contribution is -2.55. The minimum absolute atomic E-state index is 0.0398. The zero-order valence-corrected chi connectivity index (χ0v) is 18.6. The Hall–Kier alpha value is -3.34. The van der Waals surface area contributed by atoms with Crippen LogP contribution in [0.25, 0.3) is 0 Å². The van der Waals surface area contributed by atoms with E-state index in [0.29, 0.717) is 12.3 Å². The van der Waals surface area contributed by atoms with Crippen LogP contribution in [0, 0.1) is 0 Å². The molecule has 1 aliphatic rings. The van der Waals surface area contributed by atoms with Crippen LogP contribution in [-0.2, 0) is 16.8 Å². The van der Waals surface area contributed by atoms with E-state index in [4.69, 9.17) is 10.5 Å². The molecule has 0 aliphatic carbocycles. The molecule has 0 saturated carbocycles. The second-order valence-electron chi connectivity index (χ2n) is 9.12. The fourth-order valence-corrected chi connectivity index (χ4v) is 4.97. The quantitative estimate of drug-likeness (QED) is 0.603. The lowest BCUT2D eigenvalue weighted by molar-refractivity contribution is -0.117. The van der Waals surface area contributed by atoms with Gasteiger partial charge in [-0.05, 0) is 79.4 Å². The van der Waals surface area contributed by atoms with E-state index in [0.717, 1.165) is 29.0 Å². The predicted molar refractivity (Wildman–Crippen MR) is 124 cm³/mol. The Morgan fingerprint density at radius 3 is 2.39 bits per heavy atom. The van der Waals surface area contributed by atoms with Crippen molar-refractivity contribution in [3.05, 3.63) is 83.7 Å². The smallest absolute Gasteiger partial charge is 0.224 e. The van der Waals surface area contributed by atoms with Crippen LogP contribution in [0.15, 0.2) is 67.0 Å². The summed E-state index contributed by atoms with van der Waals surface area (Å²) in [5.74, 6) is 0.857. The van der Waals surface area contributed by atoms with Crippen molar-refractivity contribution in [2.75, 3.05) is 10.6 Å². The van der Waals surface area contributed by atoms with Crippen molar-refractivity contribution in [2.45, 2.75) is 51.7 Å². The van der Waals surface area contributed by atoms with Crippen molar-refractivity contribution in [2.24, 2.45) is 0 Å². The average Bonchev–Trinajstić information content (AvgIpc) is 2.73. The van der Waals surface area contributed by atoms with Gasteiger partial charge in [0.25, 0.3) is 0 Å². The van der Waals surface area contributed by atoms with Crippen molar-refractivity contribution in [3.63, 3.8) is 0 Å². The fourth-order valence-electron chi connectivity index (χ4n) is 4.97. The number of hydrogen-bond acceptors (Lipinski definition) is 4. The van der Waals surface area contributed by atoms with Gasteiger partial charge in [0.1, 0.15) is 12.4 Å². The molecular formula is C26H29N3O2. The fraction of sp³-hybridized carbons (Fsp3) is 0.308. The van der Waals surface area contributed by atoms with Gasteiger partial charge < -0.3 is 15.4 Å². The molecule has 2 heterocycles. The highest BCUT2D eigenvalue weighted by molar-refractivity contribution is 5.95. The highest BCUT2D eigenvalue weighted by atomic mass is 16.5. The van der Waals surface area contributed by atoms with E-state index in [1.165, 1.54) is 5.56 Å². The molecule has 4 rings (SSSR count). The molecule has 160 valence electrons. The number of ether oxygens (including phenoxy) is 1. The second kappa shape index (κ2) is 7.73. The first-order valence-electron chi connectivity index (χ1n) is 10.5. The Morgan fingerprint density at radius 1 is 1.06 bits per heavy atom. The number of aromatic nitrogens is 1. The summed E-state index contributed by atoms with van der Waals surface area (Å²) in [5, 5.41) is 0. The van der Waals surface area contributed by atoms with E-state index < -0.39 is 0 Å². The molecule has 1 aromatic heterocycles. The van der Waals surface area contributed by atoms with Crippen LogP contribution in [0.3, 0.4) is 0 Å². The average molecular weight is 416 g/mol. The van der Waals surface area contributed by atoms with Gasteiger partial charge in [-0.2, -0.15) is 0 Å². The molecule has 0 saturated heterocycles. The Morgan fingerprint density at radius 2 is 1.74 bits per heavy atom. The van der Waals surface area contributed by atoms with Crippen molar-refractivity contribution < 1.29 is 9.53 Å². The number of carbonyl (C=O) groups is 1. The van der Waals surface area contributed by atoms with Gasteiger partial charge in [-0.1, -0.05) is 19.1 Å². The summed E-state index contributed by atoms with van der Waals surface area (Å²) in [6, 6.07) is 18.0. The van der Waals surface area contributed by atoms with E-state index in [-0.39, 0.29) is 16.9 Å². The highest BCUT2D eigenvalue weighted by Crippen LogP contribution is 2.51. The van der Waals surface area contributed by atoms with E-state index in [2.05, 4.69) is 37.9 Å². The summed E-state index contributed by atoms with van der Waals surface area (Å²) in [7, 11) is 0. The van der Waals surface area contributed by atoms with Crippen LogP contribution >= 0.6 is 0 Å². The molecule has 1 aliphatic heterocycles. The summed E-state index contributed by atoms with van der Waals surface area (Å²) in [4.78, 5) is 18.5. The zero-order valence-electron chi connectivity index (χ0n) is 18.6. The summed E-state index contributed by atoms with van der Waals surface area (Å²) in [5.41, 5.74) is 10.5. The van der Waals surface area contributed by atoms with Crippen LogP contribution in [0.1, 0.15) is 50.8 Å². The molecule has 2 N–H and O–H groups in total. The third kappa shape index (κ3) is 3.88. The van der Waals surface area contributed by atoms with Crippen LogP contribution in [-0.4, -0.2) is 16.4 Å². The molecule has 31 heavy (non-hydrogen) atoms. The normalized spacial score (nSPS) is 19.5. The first-order valence-corrected chi connectivity index (χ1v) is 10.5. The van der Waals surface area contributed by atoms with Gasteiger partial charge in [-0.15, -0.1) is 0 Å². The number of fused-ring (bicyclic) bond motifs is 1. The number of benzene rings is 2. The minimum atomic E-state index is -0.333. The topological polar surface area (TPSA) is 68.5 Å². The Labute approximate surface area is 183 Å². The Kier molecular flexibility index (Phi) is 5.21. The van der Waals surface area contributed by atoms with Gasteiger partial charge in [0.2, 0.25) is 5.91 Å². The summed E-state index contributed by atoms with van der Waals surface area (Å²) >= 11 is 0. The second-order valence-corrected chi connectivity index (χ2v) is 9.12. The molecule has 3 aromatic rings. The molecule has 1 amide bonds. The molecule has 1 unspecified atom stereocenters. The Balaban J connectivity index is 1.68. The number of anilines is 2. The number of pyridine rings is 1. The number of nitrogens with zero attached hydrogens (tertiary/aromatic N) is 2. The summed E-state index contributed by atoms with van der Waals surface area (Å²) in [6.07, 6.45) is 4.31. The first-order chi connectivity index (χ1) is 14.7. The predicted octanol–water partition coefficient (Wildman–Crippen LogP) is 5.08. The van der Waals surface area contributed by atoms with Gasteiger partial charge in [-0.25, -0.2) is 0 Å². The third-order valence-corrected chi connectivity index (χ3v) is 6.21. The highest BCUT2D eigenvalue weighted by Gasteiger charge is 2.47. The van der Waals surface area contributed by atoms with E-state index in [1.54, 1.807) is 19.3 Å². The molecule has 5 heteroatoms. The SMILES string of the molecule is CC(=O)N1c2ccc(N)cc2C(C)(c2ccc(OCc3ccncc3)cc2)CC1(C)C. The first kappa shape index (κ1) is 20.9. The van der Waals surface area contributed by atoms with E-state index >= 15 is 0 Å². The molecule has 0 spiro atoms. The van der Waals surface area contributed by atoms with Gasteiger partial charge in [0.15, 0.2) is 0 Å². The maximum Gasteiger partial charge on any atom is 0.224 e. The number of nitrogen functional groups attached to an aromatic ring is 1. The van der Waals surface area contributed by atoms with Gasteiger partial charge >= 0.3 is 0 Å². The van der Waals surface area contributed by atoms with Crippen LogP contribution in [0.5, 0.6) is 5.75 Å². The maximum absolute atomic E-state index is 12.5. The molecule has 5 nitrogen and oxygen atoms in total. The molecule has 0 radical (unpaired) electrons. The van der Waals surface area contributed by atoms with E-state index in [1.807, 2.05) is 47.4 Å². The summed E-state index contributed by atoms with van der Waals surface area (Å²) in [6.45, 7) is 8.60. The largest absolute Gasteiger partial charge is 0.489 e. The summed E-state index contributed by atoms with van der Waals surface area (Å²) < 4.78 is 5.94. The van der Waals surface area contributed by atoms with Crippen LogP contribution in [0.4, 0.5) is 11.4 Å². The van der Waals surface area contributed by atoms with Crippen LogP contribution in [0.2, 0.25) is 0 Å². The van der Waals surface area contributed by atoms with Crippen molar-refractivity contribution in [1.82, 2.24) is 4.98 Å². The lowest BCUT2D eigenvalue weighted by Gasteiger charge is -2.51. The zero-order chi connectivity index (χ0) is 22.2. The van der Waals surface area contributed by atoms with Gasteiger partial charge in [0.05, 0.1) is 0 Å². The molecular weight excluding hydrogens is 386 g/mol. The van der Waals surface area contributed by atoms with Crippen LogP contribution < -0.4 is 15.4 Å². The van der Waals surface area contributed by atoms with Crippen molar-refractivity contribution in [3.8, 4) is 5.75 Å². The Bertz CT molecular complexity index is 1090. The number of hydrogen-bond donors (Lipinski definition) is 1. The minimum Gasteiger partial charge on any atom is -0.489 e. The molecule has 0 bridgehead atoms. The number of amides is 1. The molecule has 1 atom stereocenters. The van der Waals surface area contributed by atoms with Crippen molar-refractivity contribution in [1.29, 1.82) is 0 Å². The molecule has 0 fully saturated rings. The maximum atomic E-state index is 12.5. The monoisotopic (exact) mass is 415 g/mol. The third-order valence-electron chi connectivity index (χ3n) is 6.21. The molecule has 2 aromatic carbocycles. The number of rotatable bonds is 4.